The second-order valence-corrected chi connectivity index (χ2v) is 5.05. The van der Waals surface area contributed by atoms with Crippen LogP contribution in [0.25, 0.3) is 0 Å². The first-order valence-electron chi connectivity index (χ1n) is 6.75. The minimum absolute atomic E-state index is 0.111. The highest BCUT2D eigenvalue weighted by Gasteiger charge is 2.33. The van der Waals surface area contributed by atoms with Gasteiger partial charge in [0.2, 0.25) is 0 Å². The Balaban J connectivity index is 1.88. The summed E-state index contributed by atoms with van der Waals surface area (Å²) in [4.78, 5) is 14.2. The van der Waals surface area contributed by atoms with Gasteiger partial charge < -0.3 is 19.7 Å². The summed E-state index contributed by atoms with van der Waals surface area (Å²) in [5.41, 5.74) is 0.601. The Kier molecular flexibility index (Phi) is 3.58. The van der Waals surface area contributed by atoms with Crippen molar-refractivity contribution in [2.75, 3.05) is 31.1 Å². The van der Waals surface area contributed by atoms with Gasteiger partial charge in [0.1, 0.15) is 23.8 Å². The zero-order valence-corrected chi connectivity index (χ0v) is 11.3. The van der Waals surface area contributed by atoms with Gasteiger partial charge in [0, 0.05) is 19.2 Å². The Morgan fingerprint density at radius 3 is 3.10 bits per heavy atom. The largest absolute Gasteiger partial charge is 0.487 e. The molecule has 2 aliphatic heterocycles. The lowest BCUT2D eigenvalue weighted by molar-refractivity contribution is -0.131. The van der Waals surface area contributed by atoms with Crippen LogP contribution in [-0.4, -0.2) is 44.4 Å². The summed E-state index contributed by atoms with van der Waals surface area (Å²) >= 11 is 0. The number of nitrogens with one attached hydrogen (secondary N) is 1. The zero-order chi connectivity index (χ0) is 14.1. The van der Waals surface area contributed by atoms with Crippen LogP contribution in [0.15, 0.2) is 18.2 Å². The van der Waals surface area contributed by atoms with E-state index in [0.29, 0.717) is 31.1 Å². The lowest BCUT2D eigenvalue weighted by Gasteiger charge is -2.36. The number of anilines is 1. The summed E-state index contributed by atoms with van der Waals surface area (Å²) in [5.74, 6) is -0.0816. The highest BCUT2D eigenvalue weighted by molar-refractivity contribution is 5.98. The molecular formula is C14H17FN2O3. The van der Waals surface area contributed by atoms with Gasteiger partial charge >= 0.3 is 0 Å². The third-order valence-corrected chi connectivity index (χ3v) is 3.45. The van der Waals surface area contributed by atoms with Crippen molar-refractivity contribution in [3.05, 3.63) is 24.0 Å². The van der Waals surface area contributed by atoms with Crippen LogP contribution in [-0.2, 0) is 9.53 Å². The number of morpholine rings is 1. The van der Waals surface area contributed by atoms with Crippen molar-refractivity contribution in [2.45, 2.75) is 19.1 Å². The van der Waals surface area contributed by atoms with Crippen LogP contribution >= 0.6 is 0 Å². The molecule has 1 fully saturated rings. The fourth-order valence-electron chi connectivity index (χ4n) is 2.52. The molecule has 1 aromatic rings. The zero-order valence-electron chi connectivity index (χ0n) is 11.3. The van der Waals surface area contributed by atoms with Crippen LogP contribution in [0.3, 0.4) is 0 Å². The van der Waals surface area contributed by atoms with Crippen molar-refractivity contribution < 1.29 is 18.7 Å². The lowest BCUT2D eigenvalue weighted by atomic mass is 10.1. The van der Waals surface area contributed by atoms with Gasteiger partial charge in [0.05, 0.1) is 18.8 Å². The number of ether oxygens (including phenoxy) is 2. The first-order valence-corrected chi connectivity index (χ1v) is 6.75. The van der Waals surface area contributed by atoms with Crippen LogP contribution in [0.1, 0.15) is 6.92 Å². The van der Waals surface area contributed by atoms with E-state index in [9.17, 15) is 9.18 Å². The van der Waals surface area contributed by atoms with Gasteiger partial charge in [-0.15, -0.1) is 0 Å². The van der Waals surface area contributed by atoms with Gasteiger partial charge in [-0.1, -0.05) is 0 Å². The Morgan fingerprint density at radius 2 is 2.35 bits per heavy atom. The van der Waals surface area contributed by atoms with Gasteiger partial charge in [-0.2, -0.15) is 0 Å². The van der Waals surface area contributed by atoms with Crippen molar-refractivity contribution in [3.63, 3.8) is 0 Å². The van der Waals surface area contributed by atoms with Gasteiger partial charge in [-0.3, -0.25) is 4.79 Å². The fraction of sp³-hybridized carbons (Fsp3) is 0.500. The van der Waals surface area contributed by atoms with Crippen LogP contribution < -0.4 is 15.0 Å². The Labute approximate surface area is 116 Å². The molecule has 0 saturated carbocycles. The van der Waals surface area contributed by atoms with Crippen molar-refractivity contribution >= 4 is 11.6 Å². The average Bonchev–Trinajstić information content (AvgIpc) is 2.46. The molecule has 108 valence electrons. The van der Waals surface area contributed by atoms with Crippen molar-refractivity contribution in [1.82, 2.24) is 5.32 Å². The normalized spacial score (nSPS) is 25.8. The minimum Gasteiger partial charge on any atom is -0.487 e. The van der Waals surface area contributed by atoms with Crippen molar-refractivity contribution in [3.8, 4) is 5.75 Å². The quantitative estimate of drug-likeness (QED) is 0.831. The van der Waals surface area contributed by atoms with Crippen LogP contribution in [0.2, 0.25) is 0 Å². The highest BCUT2D eigenvalue weighted by Crippen LogP contribution is 2.34. The van der Waals surface area contributed by atoms with Gasteiger partial charge in [0.25, 0.3) is 5.91 Å². The molecule has 0 radical (unpaired) electrons. The molecule has 1 aromatic carbocycles. The van der Waals surface area contributed by atoms with E-state index in [1.807, 2.05) is 6.92 Å². The summed E-state index contributed by atoms with van der Waals surface area (Å²) in [7, 11) is 0. The highest BCUT2D eigenvalue weighted by atomic mass is 19.1. The van der Waals surface area contributed by atoms with E-state index in [0.717, 1.165) is 6.54 Å². The molecule has 0 spiro atoms. The van der Waals surface area contributed by atoms with Crippen LogP contribution in [0.5, 0.6) is 5.75 Å². The van der Waals surface area contributed by atoms with E-state index in [2.05, 4.69) is 5.32 Å². The Morgan fingerprint density at radius 1 is 1.50 bits per heavy atom. The molecule has 5 nitrogen and oxygen atoms in total. The molecule has 6 heteroatoms. The second kappa shape index (κ2) is 5.38. The molecule has 1 amide bonds. The van der Waals surface area contributed by atoms with Gasteiger partial charge in [-0.05, 0) is 19.1 Å². The molecule has 0 aromatic heterocycles. The van der Waals surface area contributed by atoms with E-state index in [-0.39, 0.29) is 17.8 Å². The van der Waals surface area contributed by atoms with E-state index < -0.39 is 6.10 Å². The van der Waals surface area contributed by atoms with Gasteiger partial charge in [0.15, 0.2) is 0 Å². The van der Waals surface area contributed by atoms with E-state index in [1.165, 1.54) is 12.1 Å². The number of fused-ring (bicyclic) bond motifs is 1. The maximum Gasteiger partial charge on any atom is 0.257 e. The Hall–Kier alpha value is -1.66. The fourth-order valence-corrected chi connectivity index (χ4v) is 2.52. The number of hydrogen-bond donors (Lipinski definition) is 1. The molecule has 2 heterocycles. The molecule has 2 aliphatic rings. The SMILES string of the molecule is CC1CN(C(=O)[C@H]2CNCCO2)c2ccc(F)cc2O1. The Bertz CT molecular complexity index is 517. The number of carbonyl (C=O) groups excluding carboxylic acids is 1. The number of benzene rings is 1. The monoisotopic (exact) mass is 280 g/mol. The van der Waals surface area contributed by atoms with Crippen LogP contribution in [0.4, 0.5) is 10.1 Å². The molecule has 2 atom stereocenters. The number of rotatable bonds is 1. The molecule has 3 rings (SSSR count). The van der Waals surface area contributed by atoms with Crippen molar-refractivity contribution in [1.29, 1.82) is 0 Å². The van der Waals surface area contributed by atoms with E-state index in [4.69, 9.17) is 9.47 Å². The lowest BCUT2D eigenvalue weighted by Crippen LogP contribution is -2.52. The molecule has 1 unspecified atom stereocenters. The van der Waals surface area contributed by atoms with Crippen molar-refractivity contribution in [2.24, 2.45) is 0 Å². The van der Waals surface area contributed by atoms with E-state index in [1.54, 1.807) is 11.0 Å². The summed E-state index contributed by atoms with van der Waals surface area (Å²) in [6.45, 7) is 4.07. The summed E-state index contributed by atoms with van der Waals surface area (Å²) in [5, 5.41) is 3.14. The van der Waals surface area contributed by atoms with Gasteiger partial charge in [-0.25, -0.2) is 4.39 Å². The smallest absolute Gasteiger partial charge is 0.257 e. The summed E-state index contributed by atoms with van der Waals surface area (Å²) < 4.78 is 24.4. The predicted molar refractivity (Wildman–Crippen MR) is 71.5 cm³/mol. The summed E-state index contributed by atoms with van der Waals surface area (Å²) in [6.07, 6.45) is -0.670. The number of hydrogen-bond acceptors (Lipinski definition) is 4. The number of nitrogens with zero attached hydrogens (tertiary/aromatic N) is 1. The number of amides is 1. The molecule has 1 N–H and O–H groups in total. The molecule has 0 bridgehead atoms. The first-order chi connectivity index (χ1) is 9.65. The molecule has 20 heavy (non-hydrogen) atoms. The molecule has 0 aliphatic carbocycles. The topological polar surface area (TPSA) is 50.8 Å². The maximum atomic E-state index is 13.3. The predicted octanol–water partition coefficient (Wildman–Crippen LogP) is 0.928. The van der Waals surface area contributed by atoms with Crippen LogP contribution in [0, 0.1) is 5.82 Å². The number of halogens is 1. The third kappa shape index (κ3) is 2.48. The molecule has 1 saturated heterocycles. The maximum absolute atomic E-state index is 13.3. The van der Waals surface area contributed by atoms with E-state index >= 15 is 0 Å². The average molecular weight is 280 g/mol. The molecular weight excluding hydrogens is 263 g/mol. The second-order valence-electron chi connectivity index (χ2n) is 5.05. The number of carbonyl (C=O) groups is 1. The third-order valence-electron chi connectivity index (χ3n) is 3.45. The standard InChI is InChI=1S/C14H17FN2O3/c1-9-8-17(14(18)13-7-16-4-5-19-13)11-3-2-10(15)6-12(11)20-9/h2-3,6,9,13,16H,4-5,7-8H2,1H3/t9?,13-/m1/s1. The summed E-state index contributed by atoms with van der Waals surface area (Å²) in [6, 6.07) is 4.22. The minimum atomic E-state index is -0.494. The first kappa shape index (κ1) is 13.3.